The summed E-state index contributed by atoms with van der Waals surface area (Å²) in [6, 6.07) is 22.0. The first-order valence-corrected chi connectivity index (χ1v) is 10.4. The molecule has 0 saturated carbocycles. The molecule has 0 N–H and O–H groups in total. The minimum Gasteiger partial charge on any atom is -0.492 e. The lowest BCUT2D eigenvalue weighted by Gasteiger charge is -2.38. The van der Waals surface area contributed by atoms with Crippen LogP contribution in [0.2, 0.25) is 0 Å². The third-order valence-corrected chi connectivity index (χ3v) is 5.74. The number of ether oxygens (including phenoxy) is 1. The fourth-order valence-electron chi connectivity index (χ4n) is 4.32. The Morgan fingerprint density at radius 3 is 2.33 bits per heavy atom. The molecule has 1 aliphatic rings. The van der Waals surface area contributed by atoms with Crippen molar-refractivity contribution in [2.45, 2.75) is 6.92 Å². The smallest absolute Gasteiger partial charge is 0.338 e. The Morgan fingerprint density at radius 2 is 1.53 bits per heavy atom. The number of hydrogen-bond donors (Lipinski definition) is 0. The first-order chi connectivity index (χ1) is 14.7. The SMILES string of the molecule is CCOc1ccccc1N1CCN(c2cc(=O)oc3c2ccc2ccccc23)CC1. The van der Waals surface area contributed by atoms with E-state index in [2.05, 4.69) is 28.0 Å². The summed E-state index contributed by atoms with van der Waals surface area (Å²) >= 11 is 0. The van der Waals surface area contributed by atoms with Crippen LogP contribution in [0.25, 0.3) is 21.7 Å². The van der Waals surface area contributed by atoms with Crippen LogP contribution in [0.1, 0.15) is 6.92 Å². The number of rotatable bonds is 4. The van der Waals surface area contributed by atoms with Crippen molar-refractivity contribution in [2.24, 2.45) is 0 Å². The predicted octanol–water partition coefficient (Wildman–Crippen LogP) is 4.67. The van der Waals surface area contributed by atoms with Gasteiger partial charge in [0.15, 0.2) is 0 Å². The molecule has 0 amide bonds. The monoisotopic (exact) mass is 400 g/mol. The van der Waals surface area contributed by atoms with Crippen LogP contribution in [0.4, 0.5) is 11.4 Å². The Kier molecular flexibility index (Phi) is 4.79. The quantitative estimate of drug-likeness (QED) is 0.368. The fraction of sp³-hybridized carbons (Fsp3) is 0.240. The van der Waals surface area contributed by atoms with Crippen LogP contribution in [-0.2, 0) is 0 Å². The molecule has 1 fully saturated rings. The molecule has 1 aromatic heterocycles. The second-order valence-electron chi connectivity index (χ2n) is 7.49. The number of hydrogen-bond acceptors (Lipinski definition) is 5. The van der Waals surface area contributed by atoms with Crippen LogP contribution < -0.4 is 20.2 Å². The van der Waals surface area contributed by atoms with Crippen molar-refractivity contribution in [1.29, 1.82) is 0 Å². The molecule has 152 valence electrons. The van der Waals surface area contributed by atoms with Gasteiger partial charge in [-0.3, -0.25) is 0 Å². The molecule has 0 radical (unpaired) electrons. The first kappa shape index (κ1) is 18.6. The highest BCUT2D eigenvalue weighted by atomic mass is 16.5. The molecule has 0 spiro atoms. The van der Waals surface area contributed by atoms with Gasteiger partial charge in [0.1, 0.15) is 11.3 Å². The van der Waals surface area contributed by atoms with Crippen molar-refractivity contribution in [3.63, 3.8) is 0 Å². The van der Waals surface area contributed by atoms with Gasteiger partial charge in [-0.1, -0.05) is 42.5 Å². The summed E-state index contributed by atoms with van der Waals surface area (Å²) in [5.41, 5.74) is 2.44. The maximum absolute atomic E-state index is 12.4. The maximum atomic E-state index is 12.4. The molecular weight excluding hydrogens is 376 g/mol. The number of piperazine rings is 1. The maximum Gasteiger partial charge on any atom is 0.338 e. The molecule has 2 heterocycles. The van der Waals surface area contributed by atoms with Gasteiger partial charge in [0.2, 0.25) is 0 Å². The Bertz CT molecular complexity index is 1260. The predicted molar refractivity (Wildman–Crippen MR) is 122 cm³/mol. The average Bonchev–Trinajstić information content (AvgIpc) is 2.79. The lowest BCUT2D eigenvalue weighted by molar-refractivity contribution is 0.340. The molecule has 4 aromatic rings. The van der Waals surface area contributed by atoms with E-state index in [-0.39, 0.29) is 5.63 Å². The van der Waals surface area contributed by atoms with Gasteiger partial charge in [-0.2, -0.15) is 0 Å². The number of para-hydroxylation sites is 2. The van der Waals surface area contributed by atoms with Gasteiger partial charge >= 0.3 is 5.63 Å². The van der Waals surface area contributed by atoms with E-state index < -0.39 is 0 Å². The zero-order valence-electron chi connectivity index (χ0n) is 17.0. The van der Waals surface area contributed by atoms with Gasteiger partial charge in [0.05, 0.1) is 18.0 Å². The largest absolute Gasteiger partial charge is 0.492 e. The molecule has 30 heavy (non-hydrogen) atoms. The average molecular weight is 400 g/mol. The standard InChI is InChI=1S/C25H24N2O3/c1-2-29-23-10-6-5-9-21(23)26-13-15-27(16-14-26)22-17-24(28)30-25-19-8-4-3-7-18(19)11-12-20(22)25/h3-12,17H,2,13-16H2,1H3. The minimum absolute atomic E-state index is 0.307. The van der Waals surface area contributed by atoms with E-state index >= 15 is 0 Å². The topological polar surface area (TPSA) is 45.9 Å². The zero-order chi connectivity index (χ0) is 20.5. The lowest BCUT2D eigenvalue weighted by atomic mass is 10.1. The summed E-state index contributed by atoms with van der Waals surface area (Å²) in [4.78, 5) is 17.0. The molecule has 3 aromatic carbocycles. The number of anilines is 2. The molecule has 1 aliphatic heterocycles. The Labute approximate surface area is 175 Å². The molecule has 0 atom stereocenters. The van der Waals surface area contributed by atoms with Gasteiger partial charge < -0.3 is 19.0 Å². The number of fused-ring (bicyclic) bond motifs is 3. The van der Waals surface area contributed by atoms with Crippen LogP contribution >= 0.6 is 0 Å². The van der Waals surface area contributed by atoms with E-state index in [1.165, 1.54) is 0 Å². The normalized spacial score (nSPS) is 14.4. The van der Waals surface area contributed by atoms with Crippen LogP contribution in [0.3, 0.4) is 0 Å². The van der Waals surface area contributed by atoms with Gasteiger partial charge in [-0.25, -0.2) is 4.79 Å². The van der Waals surface area contributed by atoms with E-state index in [0.29, 0.717) is 12.2 Å². The van der Waals surface area contributed by atoms with Crippen molar-refractivity contribution < 1.29 is 9.15 Å². The summed E-state index contributed by atoms with van der Waals surface area (Å²) in [7, 11) is 0. The van der Waals surface area contributed by atoms with Crippen LogP contribution in [0.15, 0.2) is 75.9 Å². The van der Waals surface area contributed by atoms with Crippen molar-refractivity contribution in [2.75, 3.05) is 42.6 Å². The van der Waals surface area contributed by atoms with E-state index in [0.717, 1.165) is 59.5 Å². The van der Waals surface area contributed by atoms with Crippen molar-refractivity contribution in [3.05, 3.63) is 77.2 Å². The van der Waals surface area contributed by atoms with Gasteiger partial charge in [0.25, 0.3) is 0 Å². The number of benzene rings is 3. The van der Waals surface area contributed by atoms with Crippen molar-refractivity contribution >= 4 is 33.1 Å². The molecule has 5 heteroatoms. The van der Waals surface area contributed by atoms with E-state index in [9.17, 15) is 4.79 Å². The molecule has 5 rings (SSSR count). The molecule has 5 nitrogen and oxygen atoms in total. The van der Waals surface area contributed by atoms with E-state index in [1.54, 1.807) is 6.07 Å². The number of nitrogens with zero attached hydrogens (tertiary/aromatic N) is 2. The van der Waals surface area contributed by atoms with Gasteiger partial charge in [-0.05, 0) is 30.5 Å². The summed E-state index contributed by atoms with van der Waals surface area (Å²) in [5.74, 6) is 0.922. The van der Waals surface area contributed by atoms with Crippen LogP contribution in [0, 0.1) is 0 Å². The third kappa shape index (κ3) is 3.26. The minimum atomic E-state index is -0.307. The molecule has 0 aliphatic carbocycles. The van der Waals surface area contributed by atoms with Gasteiger partial charge in [-0.15, -0.1) is 0 Å². The highest BCUT2D eigenvalue weighted by Gasteiger charge is 2.22. The molecule has 0 unspecified atom stereocenters. The first-order valence-electron chi connectivity index (χ1n) is 10.4. The zero-order valence-corrected chi connectivity index (χ0v) is 17.0. The van der Waals surface area contributed by atoms with Crippen molar-refractivity contribution in [1.82, 2.24) is 0 Å². The van der Waals surface area contributed by atoms with Crippen molar-refractivity contribution in [3.8, 4) is 5.75 Å². The van der Waals surface area contributed by atoms with Gasteiger partial charge in [0, 0.05) is 43.0 Å². The highest BCUT2D eigenvalue weighted by Crippen LogP contribution is 2.33. The summed E-state index contributed by atoms with van der Waals surface area (Å²) in [5, 5.41) is 3.03. The van der Waals surface area contributed by atoms with E-state index in [4.69, 9.17) is 9.15 Å². The highest BCUT2D eigenvalue weighted by molar-refractivity contribution is 6.08. The van der Waals surface area contributed by atoms with Crippen LogP contribution in [0.5, 0.6) is 5.75 Å². The Hall–Kier alpha value is -3.47. The molecular formula is C25H24N2O3. The summed E-state index contributed by atoms with van der Waals surface area (Å²) < 4.78 is 11.4. The van der Waals surface area contributed by atoms with Crippen LogP contribution in [-0.4, -0.2) is 32.8 Å². The Balaban J connectivity index is 1.47. The second-order valence-corrected chi connectivity index (χ2v) is 7.49. The summed E-state index contributed by atoms with van der Waals surface area (Å²) in [6.07, 6.45) is 0. The Morgan fingerprint density at radius 1 is 0.833 bits per heavy atom. The third-order valence-electron chi connectivity index (χ3n) is 5.74. The lowest BCUT2D eigenvalue weighted by Crippen LogP contribution is -2.46. The molecule has 1 saturated heterocycles. The summed E-state index contributed by atoms with van der Waals surface area (Å²) in [6.45, 7) is 6.03. The molecule has 0 bridgehead atoms. The second kappa shape index (κ2) is 7.75. The van der Waals surface area contributed by atoms with E-state index in [1.807, 2.05) is 49.4 Å². The fourth-order valence-corrected chi connectivity index (χ4v) is 4.32.